The van der Waals surface area contributed by atoms with E-state index in [1.807, 2.05) is 0 Å². The molecule has 114 valence electrons. The van der Waals surface area contributed by atoms with Crippen LogP contribution in [-0.4, -0.2) is 16.1 Å². The first-order valence-corrected chi connectivity index (χ1v) is 7.22. The van der Waals surface area contributed by atoms with Crippen LogP contribution in [0, 0.1) is 18.3 Å². The fourth-order valence-corrected chi connectivity index (χ4v) is 3.58. The number of benzene rings is 1. The molecule has 3 heterocycles. The van der Waals surface area contributed by atoms with Crippen molar-refractivity contribution in [2.24, 2.45) is 5.73 Å². The second kappa shape index (κ2) is 4.27. The number of carbonyl (C=O) groups excluding carboxylic acids is 1. The molecule has 4 rings (SSSR count). The molecule has 8 heteroatoms. The van der Waals surface area contributed by atoms with Crippen molar-refractivity contribution in [1.29, 1.82) is 5.26 Å². The molecular weight excluding hydrogens is 316 g/mol. The predicted molar refractivity (Wildman–Crippen MR) is 84.6 cm³/mol. The number of nitrogens with two attached hydrogens (primary N) is 1. The predicted octanol–water partition coefficient (Wildman–Crippen LogP) is 1.73. The van der Waals surface area contributed by atoms with E-state index in [-0.39, 0.29) is 17.3 Å². The third-order valence-electron chi connectivity index (χ3n) is 4.31. The van der Waals surface area contributed by atoms with Gasteiger partial charge in [-0.3, -0.25) is 9.89 Å². The molecule has 0 radical (unpaired) electrons. The van der Waals surface area contributed by atoms with E-state index in [2.05, 4.69) is 26.9 Å². The van der Waals surface area contributed by atoms with Gasteiger partial charge in [0.1, 0.15) is 17.3 Å². The van der Waals surface area contributed by atoms with Crippen molar-refractivity contribution >= 4 is 29.0 Å². The summed E-state index contributed by atoms with van der Waals surface area (Å²) in [5.41, 5.74) is 7.25. The molecular formula is C15H11ClN6O. The molecule has 0 saturated heterocycles. The number of rotatable bonds is 0. The number of nitrogens with zero attached hydrogens (tertiary/aromatic N) is 2. The molecule has 0 fully saturated rings. The highest BCUT2D eigenvalue weighted by atomic mass is 35.5. The van der Waals surface area contributed by atoms with Gasteiger partial charge in [-0.15, -0.1) is 0 Å². The number of carbonyl (C=O) groups is 1. The number of amides is 1. The third-order valence-corrected chi connectivity index (χ3v) is 4.54. The number of aromatic amines is 1. The highest BCUT2D eigenvalue weighted by Gasteiger charge is 2.57. The number of aryl methyl sites for hydroxylation is 1. The quantitative estimate of drug-likeness (QED) is 0.587. The van der Waals surface area contributed by atoms with Crippen LogP contribution in [0.1, 0.15) is 16.8 Å². The highest BCUT2D eigenvalue weighted by Crippen LogP contribution is 2.53. The zero-order chi connectivity index (χ0) is 16.4. The van der Waals surface area contributed by atoms with Crippen molar-refractivity contribution in [1.82, 2.24) is 10.2 Å². The third kappa shape index (κ3) is 1.48. The summed E-state index contributed by atoms with van der Waals surface area (Å²) in [5, 5.41) is 22.8. The topological polar surface area (TPSA) is 120 Å². The molecule has 0 aliphatic carbocycles. The lowest BCUT2D eigenvalue weighted by molar-refractivity contribution is -0.118. The summed E-state index contributed by atoms with van der Waals surface area (Å²) in [6, 6.07) is 7.16. The molecule has 5 N–H and O–H groups in total. The molecule has 2 aliphatic rings. The van der Waals surface area contributed by atoms with Gasteiger partial charge in [-0.25, -0.2) is 0 Å². The lowest BCUT2D eigenvalue weighted by atomic mass is 9.68. The number of fused-ring (bicyclic) bond motifs is 4. The van der Waals surface area contributed by atoms with Crippen LogP contribution in [-0.2, 0) is 10.2 Å². The molecule has 2 aliphatic heterocycles. The Kier molecular flexibility index (Phi) is 2.54. The second-order valence-corrected chi connectivity index (χ2v) is 5.93. The number of aromatic nitrogens is 2. The SMILES string of the molecule is Cc1[nH]nc2c1[C@]1(C(=O)Nc3ccc(Cl)cc31)C(C#N)=C(N)N2. The second-order valence-electron chi connectivity index (χ2n) is 5.49. The Hall–Kier alpha value is -2.98. The Bertz CT molecular complexity index is 953. The molecule has 0 saturated carbocycles. The molecule has 0 unspecified atom stereocenters. The zero-order valence-corrected chi connectivity index (χ0v) is 12.7. The highest BCUT2D eigenvalue weighted by molar-refractivity contribution is 6.31. The first-order valence-electron chi connectivity index (χ1n) is 6.84. The van der Waals surface area contributed by atoms with Gasteiger partial charge in [0.05, 0.1) is 5.57 Å². The van der Waals surface area contributed by atoms with Gasteiger partial charge in [0.25, 0.3) is 0 Å². The number of halogens is 1. The maximum Gasteiger partial charge on any atom is 0.245 e. The van der Waals surface area contributed by atoms with Crippen LogP contribution in [0.4, 0.5) is 11.5 Å². The number of nitriles is 1. The van der Waals surface area contributed by atoms with Gasteiger partial charge in [-0.1, -0.05) is 11.6 Å². The van der Waals surface area contributed by atoms with Gasteiger partial charge in [-0.05, 0) is 25.1 Å². The Morgan fingerprint density at radius 2 is 2.17 bits per heavy atom. The van der Waals surface area contributed by atoms with E-state index >= 15 is 0 Å². The van der Waals surface area contributed by atoms with Crippen LogP contribution in [0.2, 0.25) is 5.02 Å². The number of H-pyrrole nitrogens is 1. The van der Waals surface area contributed by atoms with Crippen molar-refractivity contribution in [3.8, 4) is 6.07 Å². The fraction of sp³-hybridized carbons (Fsp3) is 0.133. The van der Waals surface area contributed by atoms with Crippen molar-refractivity contribution in [2.75, 3.05) is 10.6 Å². The van der Waals surface area contributed by atoms with Crippen molar-refractivity contribution in [2.45, 2.75) is 12.3 Å². The van der Waals surface area contributed by atoms with Crippen LogP contribution >= 0.6 is 11.6 Å². The molecule has 23 heavy (non-hydrogen) atoms. The summed E-state index contributed by atoms with van der Waals surface area (Å²) in [7, 11) is 0. The van der Waals surface area contributed by atoms with Gasteiger partial charge in [-0.2, -0.15) is 10.4 Å². The van der Waals surface area contributed by atoms with Gasteiger partial charge < -0.3 is 16.4 Å². The van der Waals surface area contributed by atoms with E-state index in [9.17, 15) is 10.1 Å². The summed E-state index contributed by atoms with van der Waals surface area (Å²) in [6.07, 6.45) is 0. The van der Waals surface area contributed by atoms with Crippen LogP contribution in [0.3, 0.4) is 0 Å². The van der Waals surface area contributed by atoms with Crippen LogP contribution < -0.4 is 16.4 Å². The van der Waals surface area contributed by atoms with E-state index in [1.165, 1.54) is 0 Å². The summed E-state index contributed by atoms with van der Waals surface area (Å²) in [5.74, 6) is 0.193. The van der Waals surface area contributed by atoms with Gasteiger partial charge in [0.2, 0.25) is 5.91 Å². The number of nitrogens with one attached hydrogen (secondary N) is 3. The summed E-state index contributed by atoms with van der Waals surface area (Å²) in [6.45, 7) is 1.79. The minimum absolute atomic E-state index is 0.106. The average Bonchev–Trinajstić information content (AvgIpc) is 3.00. The smallest absolute Gasteiger partial charge is 0.245 e. The van der Waals surface area contributed by atoms with Crippen molar-refractivity contribution in [3.05, 3.63) is 51.4 Å². The lowest BCUT2D eigenvalue weighted by Crippen LogP contribution is -2.43. The zero-order valence-electron chi connectivity index (χ0n) is 12.0. The van der Waals surface area contributed by atoms with Gasteiger partial charge >= 0.3 is 0 Å². The number of hydrogen-bond acceptors (Lipinski definition) is 5. The molecule has 1 aromatic carbocycles. The lowest BCUT2D eigenvalue weighted by Gasteiger charge is -2.32. The monoisotopic (exact) mass is 326 g/mol. The van der Waals surface area contributed by atoms with Crippen molar-refractivity contribution in [3.63, 3.8) is 0 Å². The Morgan fingerprint density at radius 3 is 2.91 bits per heavy atom. The Labute approximate surface area is 136 Å². The standard InChI is InChI=1S/C15H11ClN6O/c1-6-11-13(22-21-6)20-12(18)9(5-17)15(11)8-4-7(16)2-3-10(8)19-14(15)23/h2-4H,18H2,1H3,(H,19,23)(H2,20,21,22)/t15-/m1/s1. The molecule has 1 aromatic heterocycles. The van der Waals surface area contributed by atoms with Crippen molar-refractivity contribution < 1.29 is 4.79 Å². The minimum atomic E-state index is -1.35. The first-order chi connectivity index (χ1) is 11.0. The maximum atomic E-state index is 13.0. The van der Waals surface area contributed by atoms with E-state index in [0.717, 1.165) is 0 Å². The molecule has 0 bridgehead atoms. The Balaban J connectivity index is 2.19. The van der Waals surface area contributed by atoms with E-state index < -0.39 is 5.41 Å². The summed E-state index contributed by atoms with van der Waals surface area (Å²) < 4.78 is 0. The summed E-state index contributed by atoms with van der Waals surface area (Å²) >= 11 is 6.13. The molecule has 1 atom stereocenters. The van der Waals surface area contributed by atoms with Crippen LogP contribution in [0.5, 0.6) is 0 Å². The Morgan fingerprint density at radius 1 is 1.39 bits per heavy atom. The largest absolute Gasteiger partial charge is 0.384 e. The molecule has 1 amide bonds. The number of hydrogen-bond donors (Lipinski definition) is 4. The van der Waals surface area contributed by atoms with E-state index in [1.54, 1.807) is 25.1 Å². The number of anilines is 2. The van der Waals surface area contributed by atoms with Crippen LogP contribution in [0.15, 0.2) is 29.6 Å². The van der Waals surface area contributed by atoms with Gasteiger partial charge in [0.15, 0.2) is 5.82 Å². The maximum absolute atomic E-state index is 13.0. The minimum Gasteiger partial charge on any atom is -0.384 e. The normalized spacial score (nSPS) is 21.5. The fourth-order valence-electron chi connectivity index (χ4n) is 3.41. The average molecular weight is 327 g/mol. The van der Waals surface area contributed by atoms with Gasteiger partial charge in [0, 0.05) is 27.5 Å². The first kappa shape index (κ1) is 13.7. The summed E-state index contributed by atoms with van der Waals surface area (Å²) in [4.78, 5) is 13.0. The molecule has 2 aromatic rings. The van der Waals surface area contributed by atoms with Crippen LogP contribution in [0.25, 0.3) is 0 Å². The van der Waals surface area contributed by atoms with E-state index in [0.29, 0.717) is 33.3 Å². The molecule has 7 nitrogen and oxygen atoms in total. The molecule has 1 spiro atoms. The van der Waals surface area contributed by atoms with E-state index in [4.69, 9.17) is 17.3 Å².